The Morgan fingerprint density at radius 1 is 1.12 bits per heavy atom. The molecule has 0 amide bonds. The molecule has 4 rings (SSSR count). The summed E-state index contributed by atoms with van der Waals surface area (Å²) in [6.45, 7) is 2.06. The predicted molar refractivity (Wildman–Crippen MR) is 97.2 cm³/mol. The number of rotatable bonds is 4. The standard InChI is InChI=1S/C20H19N3O2/c1-2-25-20(24)19-22-17-9-4-3-8-16(17)18(23-19)21-15-11-10-13-6-5-7-14(13)12-15/h3-4,8-12H,2,5-7H2,1H3,(H,21,22,23). The molecule has 0 aliphatic heterocycles. The Morgan fingerprint density at radius 3 is 2.84 bits per heavy atom. The molecule has 1 aliphatic rings. The van der Waals surface area contributed by atoms with Crippen LogP contribution in [0.15, 0.2) is 42.5 Å². The molecule has 0 fully saturated rings. The first-order valence-electron chi connectivity index (χ1n) is 8.57. The normalized spacial score (nSPS) is 12.8. The highest BCUT2D eigenvalue weighted by Crippen LogP contribution is 2.28. The number of para-hydroxylation sites is 1. The van der Waals surface area contributed by atoms with E-state index >= 15 is 0 Å². The van der Waals surface area contributed by atoms with Gasteiger partial charge >= 0.3 is 5.97 Å². The molecule has 3 aromatic rings. The number of hydrogen-bond acceptors (Lipinski definition) is 5. The lowest BCUT2D eigenvalue weighted by Crippen LogP contribution is -2.11. The molecule has 0 spiro atoms. The minimum Gasteiger partial charge on any atom is -0.460 e. The zero-order valence-electron chi connectivity index (χ0n) is 14.1. The van der Waals surface area contributed by atoms with E-state index in [9.17, 15) is 4.79 Å². The van der Waals surface area contributed by atoms with E-state index < -0.39 is 5.97 Å². The number of hydrogen-bond donors (Lipinski definition) is 1. The van der Waals surface area contributed by atoms with Crippen molar-refractivity contribution in [3.8, 4) is 0 Å². The molecule has 25 heavy (non-hydrogen) atoms. The highest BCUT2D eigenvalue weighted by molar-refractivity contribution is 5.95. The fourth-order valence-corrected chi connectivity index (χ4v) is 3.25. The average Bonchev–Trinajstić information content (AvgIpc) is 3.09. The summed E-state index contributed by atoms with van der Waals surface area (Å²) < 4.78 is 5.05. The first kappa shape index (κ1) is 15.6. The Morgan fingerprint density at radius 2 is 1.96 bits per heavy atom. The van der Waals surface area contributed by atoms with Gasteiger partial charge in [-0.3, -0.25) is 0 Å². The topological polar surface area (TPSA) is 64.1 Å². The summed E-state index contributed by atoms with van der Waals surface area (Å²) in [5.41, 5.74) is 4.49. The molecule has 1 heterocycles. The summed E-state index contributed by atoms with van der Waals surface area (Å²) in [5.74, 6) is 0.182. The van der Waals surface area contributed by atoms with Gasteiger partial charge in [0.2, 0.25) is 5.82 Å². The lowest BCUT2D eigenvalue weighted by molar-refractivity contribution is 0.0512. The average molecular weight is 333 g/mol. The summed E-state index contributed by atoms with van der Waals surface area (Å²) in [6, 6.07) is 14.0. The summed E-state index contributed by atoms with van der Waals surface area (Å²) in [4.78, 5) is 20.8. The summed E-state index contributed by atoms with van der Waals surface area (Å²) >= 11 is 0. The molecule has 5 nitrogen and oxygen atoms in total. The number of aromatic nitrogens is 2. The predicted octanol–water partition coefficient (Wildman–Crippen LogP) is 4.04. The summed E-state index contributed by atoms with van der Waals surface area (Å²) in [6.07, 6.45) is 3.48. The van der Waals surface area contributed by atoms with Gasteiger partial charge < -0.3 is 10.1 Å². The maximum Gasteiger partial charge on any atom is 0.376 e. The second-order valence-electron chi connectivity index (χ2n) is 6.10. The number of carbonyl (C=O) groups excluding carboxylic acids is 1. The van der Waals surface area contributed by atoms with Crippen LogP contribution in [0.4, 0.5) is 11.5 Å². The smallest absolute Gasteiger partial charge is 0.376 e. The zero-order chi connectivity index (χ0) is 17.2. The third kappa shape index (κ3) is 3.05. The largest absolute Gasteiger partial charge is 0.460 e. The van der Waals surface area contributed by atoms with Crippen LogP contribution < -0.4 is 5.32 Å². The fraction of sp³-hybridized carbons (Fsp3) is 0.250. The van der Waals surface area contributed by atoms with Crippen LogP contribution in [0.3, 0.4) is 0 Å². The van der Waals surface area contributed by atoms with E-state index in [-0.39, 0.29) is 5.82 Å². The number of esters is 1. The van der Waals surface area contributed by atoms with Crippen molar-refractivity contribution in [3.63, 3.8) is 0 Å². The van der Waals surface area contributed by atoms with Crippen molar-refractivity contribution in [2.45, 2.75) is 26.2 Å². The van der Waals surface area contributed by atoms with Gasteiger partial charge in [0.15, 0.2) is 0 Å². The lowest BCUT2D eigenvalue weighted by Gasteiger charge is -2.11. The van der Waals surface area contributed by atoms with E-state index in [0.717, 1.165) is 23.9 Å². The van der Waals surface area contributed by atoms with Crippen LogP contribution in [0.2, 0.25) is 0 Å². The molecule has 0 saturated carbocycles. The van der Waals surface area contributed by atoms with Crippen molar-refractivity contribution < 1.29 is 9.53 Å². The van der Waals surface area contributed by atoms with Crippen LogP contribution in [-0.4, -0.2) is 22.5 Å². The monoisotopic (exact) mass is 333 g/mol. The van der Waals surface area contributed by atoms with Gasteiger partial charge in [-0.05, 0) is 61.6 Å². The van der Waals surface area contributed by atoms with Gasteiger partial charge in [-0.25, -0.2) is 14.8 Å². The zero-order valence-corrected chi connectivity index (χ0v) is 14.1. The Kier molecular flexibility index (Phi) is 4.06. The number of carbonyl (C=O) groups is 1. The number of ether oxygens (including phenoxy) is 1. The quantitative estimate of drug-likeness (QED) is 0.730. The molecule has 1 aromatic heterocycles. The number of nitrogens with zero attached hydrogens (tertiary/aromatic N) is 2. The second kappa shape index (κ2) is 6.51. The van der Waals surface area contributed by atoms with Crippen molar-refractivity contribution in [1.82, 2.24) is 9.97 Å². The summed E-state index contributed by atoms with van der Waals surface area (Å²) in [7, 11) is 0. The van der Waals surface area contributed by atoms with E-state index in [1.165, 1.54) is 17.5 Å². The first-order valence-corrected chi connectivity index (χ1v) is 8.57. The molecule has 0 bridgehead atoms. The third-order valence-electron chi connectivity index (χ3n) is 4.42. The minimum atomic E-state index is -0.509. The number of nitrogens with one attached hydrogen (secondary N) is 1. The van der Waals surface area contributed by atoms with Gasteiger partial charge in [0.05, 0.1) is 12.1 Å². The SMILES string of the molecule is CCOC(=O)c1nc(Nc2ccc3c(c2)CCC3)c2ccccc2n1. The molecule has 0 radical (unpaired) electrons. The minimum absolute atomic E-state index is 0.0733. The molecule has 2 aromatic carbocycles. The van der Waals surface area contributed by atoms with E-state index in [0.29, 0.717) is 17.9 Å². The van der Waals surface area contributed by atoms with Gasteiger partial charge in [0, 0.05) is 11.1 Å². The maximum atomic E-state index is 12.1. The third-order valence-corrected chi connectivity index (χ3v) is 4.42. The van der Waals surface area contributed by atoms with E-state index in [1.807, 2.05) is 24.3 Å². The molecular weight excluding hydrogens is 314 g/mol. The van der Waals surface area contributed by atoms with Crippen molar-refractivity contribution in [2.24, 2.45) is 0 Å². The molecular formula is C20H19N3O2. The van der Waals surface area contributed by atoms with Crippen molar-refractivity contribution >= 4 is 28.4 Å². The Labute approximate surface area is 146 Å². The van der Waals surface area contributed by atoms with Crippen LogP contribution in [0.1, 0.15) is 35.1 Å². The number of fused-ring (bicyclic) bond motifs is 2. The Hall–Kier alpha value is -2.95. The molecule has 1 aliphatic carbocycles. The lowest BCUT2D eigenvalue weighted by atomic mass is 10.1. The maximum absolute atomic E-state index is 12.1. The van der Waals surface area contributed by atoms with Crippen LogP contribution in [0.5, 0.6) is 0 Å². The van der Waals surface area contributed by atoms with E-state index in [4.69, 9.17) is 4.74 Å². The van der Waals surface area contributed by atoms with Crippen LogP contribution >= 0.6 is 0 Å². The van der Waals surface area contributed by atoms with Gasteiger partial charge in [0.25, 0.3) is 0 Å². The highest BCUT2D eigenvalue weighted by atomic mass is 16.5. The van der Waals surface area contributed by atoms with E-state index in [1.54, 1.807) is 6.92 Å². The van der Waals surface area contributed by atoms with Crippen molar-refractivity contribution in [2.75, 3.05) is 11.9 Å². The van der Waals surface area contributed by atoms with Gasteiger partial charge in [-0.1, -0.05) is 18.2 Å². The fourth-order valence-electron chi connectivity index (χ4n) is 3.25. The second-order valence-corrected chi connectivity index (χ2v) is 6.10. The van der Waals surface area contributed by atoms with Gasteiger partial charge in [-0.2, -0.15) is 0 Å². The van der Waals surface area contributed by atoms with Crippen LogP contribution in [0, 0.1) is 0 Å². The molecule has 0 saturated heterocycles. The Bertz CT molecular complexity index is 953. The van der Waals surface area contributed by atoms with Crippen molar-refractivity contribution in [1.29, 1.82) is 0 Å². The van der Waals surface area contributed by atoms with E-state index in [2.05, 4.69) is 33.5 Å². The van der Waals surface area contributed by atoms with Gasteiger partial charge in [-0.15, -0.1) is 0 Å². The van der Waals surface area contributed by atoms with Gasteiger partial charge in [0.1, 0.15) is 5.82 Å². The number of benzene rings is 2. The summed E-state index contributed by atoms with van der Waals surface area (Å²) in [5, 5.41) is 4.23. The molecule has 5 heteroatoms. The first-order chi connectivity index (χ1) is 12.2. The van der Waals surface area contributed by atoms with Crippen LogP contribution in [0.25, 0.3) is 10.9 Å². The molecule has 0 atom stereocenters. The molecule has 0 unspecified atom stereocenters. The highest BCUT2D eigenvalue weighted by Gasteiger charge is 2.16. The number of aryl methyl sites for hydroxylation is 2. The molecule has 126 valence electrons. The number of anilines is 2. The molecule has 1 N–H and O–H groups in total. The van der Waals surface area contributed by atoms with Crippen molar-refractivity contribution in [3.05, 3.63) is 59.4 Å². The Balaban J connectivity index is 1.75. The van der Waals surface area contributed by atoms with Crippen LogP contribution in [-0.2, 0) is 17.6 Å².